The third-order valence-electron chi connectivity index (χ3n) is 4.05. The number of hydrogen-bond donors (Lipinski definition) is 1. The zero-order valence-corrected chi connectivity index (χ0v) is 19.5. The maximum absolute atomic E-state index is 11.6. The standard InChI is InChI=1S/C20H23BrO4.C3H6O2/c1-3-7-16-18(11-10-15(14(2)22)20(16)23)24-12-6-13-25-19-9-5-4-8-17(19)21;1-3(4)5-2/h4-5,8-11,23H,3,6-7,12-13H2,1-2H3;1-2H3. The van der Waals surface area contributed by atoms with E-state index < -0.39 is 0 Å². The summed E-state index contributed by atoms with van der Waals surface area (Å²) < 4.78 is 16.5. The Morgan fingerprint density at radius 1 is 1.00 bits per heavy atom. The van der Waals surface area contributed by atoms with Gasteiger partial charge in [-0.3, -0.25) is 9.59 Å². The predicted octanol–water partition coefficient (Wildman–Crippen LogP) is 5.34. The molecule has 0 spiro atoms. The summed E-state index contributed by atoms with van der Waals surface area (Å²) >= 11 is 3.44. The van der Waals surface area contributed by atoms with Crippen LogP contribution in [0.2, 0.25) is 0 Å². The first-order valence-electron chi connectivity index (χ1n) is 9.72. The molecule has 164 valence electrons. The van der Waals surface area contributed by atoms with E-state index in [0.717, 1.165) is 16.6 Å². The lowest BCUT2D eigenvalue weighted by Crippen LogP contribution is -2.07. The van der Waals surface area contributed by atoms with Crippen molar-refractivity contribution < 1.29 is 28.9 Å². The molecule has 2 rings (SSSR count). The molecule has 1 N–H and O–H groups in total. The molecule has 0 unspecified atom stereocenters. The van der Waals surface area contributed by atoms with Crippen LogP contribution in [-0.2, 0) is 16.0 Å². The molecule has 0 fully saturated rings. The predicted molar refractivity (Wildman–Crippen MR) is 120 cm³/mol. The fourth-order valence-electron chi connectivity index (χ4n) is 2.51. The van der Waals surface area contributed by atoms with Gasteiger partial charge in [0, 0.05) is 18.9 Å². The fourth-order valence-corrected chi connectivity index (χ4v) is 2.91. The molecular weight excluding hydrogens is 452 g/mol. The van der Waals surface area contributed by atoms with Crippen molar-refractivity contribution >= 4 is 27.7 Å². The summed E-state index contributed by atoms with van der Waals surface area (Å²) in [4.78, 5) is 21.2. The number of aromatic hydroxyl groups is 1. The average molecular weight is 481 g/mol. The summed E-state index contributed by atoms with van der Waals surface area (Å²) in [6.07, 6.45) is 2.23. The van der Waals surface area contributed by atoms with Gasteiger partial charge in [-0.1, -0.05) is 25.5 Å². The number of phenols is 1. The summed E-state index contributed by atoms with van der Waals surface area (Å²) in [5.41, 5.74) is 1.04. The number of halogens is 1. The number of ether oxygens (including phenoxy) is 3. The minimum atomic E-state index is -0.245. The van der Waals surface area contributed by atoms with Gasteiger partial charge in [-0.25, -0.2) is 0 Å². The van der Waals surface area contributed by atoms with Crippen molar-refractivity contribution in [3.05, 3.63) is 52.0 Å². The molecule has 0 aromatic heterocycles. The molecule has 6 nitrogen and oxygen atoms in total. The van der Waals surface area contributed by atoms with Crippen molar-refractivity contribution in [1.82, 2.24) is 0 Å². The molecule has 2 aromatic carbocycles. The number of Topliss-reactive ketones (excluding diaryl/α,β-unsaturated/α-hetero) is 1. The van der Waals surface area contributed by atoms with Crippen LogP contribution in [0.1, 0.15) is 49.5 Å². The van der Waals surface area contributed by atoms with Gasteiger partial charge in [0.1, 0.15) is 17.2 Å². The SMILES string of the molecule is CCCc1c(OCCCOc2ccccc2Br)ccc(C(C)=O)c1O.COC(C)=O. The van der Waals surface area contributed by atoms with Gasteiger partial charge in [0.25, 0.3) is 0 Å². The lowest BCUT2D eigenvalue weighted by molar-refractivity contribution is -0.137. The maximum Gasteiger partial charge on any atom is 0.302 e. The van der Waals surface area contributed by atoms with Crippen molar-refractivity contribution in [2.75, 3.05) is 20.3 Å². The first-order valence-corrected chi connectivity index (χ1v) is 10.5. The zero-order chi connectivity index (χ0) is 22.5. The number of benzene rings is 2. The number of carbonyl (C=O) groups is 2. The Labute approximate surface area is 186 Å². The molecule has 0 atom stereocenters. The van der Waals surface area contributed by atoms with Gasteiger partial charge in [0.15, 0.2) is 5.78 Å². The topological polar surface area (TPSA) is 82.1 Å². The van der Waals surface area contributed by atoms with Crippen molar-refractivity contribution in [2.45, 2.75) is 40.0 Å². The van der Waals surface area contributed by atoms with Gasteiger partial charge >= 0.3 is 5.97 Å². The van der Waals surface area contributed by atoms with Crippen LogP contribution in [0.15, 0.2) is 40.9 Å². The van der Waals surface area contributed by atoms with Crippen LogP contribution in [0.5, 0.6) is 17.2 Å². The number of hydrogen-bond acceptors (Lipinski definition) is 6. The van der Waals surface area contributed by atoms with Crippen molar-refractivity contribution in [2.24, 2.45) is 0 Å². The van der Waals surface area contributed by atoms with E-state index in [1.165, 1.54) is 21.0 Å². The van der Waals surface area contributed by atoms with Crippen LogP contribution < -0.4 is 9.47 Å². The maximum atomic E-state index is 11.6. The summed E-state index contributed by atoms with van der Waals surface area (Å²) in [7, 11) is 1.35. The number of carbonyl (C=O) groups excluding carboxylic acids is 2. The normalized spacial score (nSPS) is 9.90. The first-order chi connectivity index (χ1) is 14.3. The second-order valence-electron chi connectivity index (χ2n) is 6.42. The van der Waals surface area contributed by atoms with Gasteiger partial charge in [0.05, 0.1) is 30.4 Å². The third kappa shape index (κ3) is 8.45. The Kier molecular flexibility index (Phi) is 11.6. The Morgan fingerprint density at radius 2 is 1.60 bits per heavy atom. The Morgan fingerprint density at radius 3 is 2.13 bits per heavy atom. The molecule has 0 amide bonds. The van der Waals surface area contributed by atoms with Crippen molar-refractivity contribution in [1.29, 1.82) is 0 Å². The average Bonchev–Trinajstić information content (AvgIpc) is 2.71. The molecule has 30 heavy (non-hydrogen) atoms. The van der Waals surface area contributed by atoms with Crippen LogP contribution >= 0.6 is 15.9 Å². The highest BCUT2D eigenvalue weighted by molar-refractivity contribution is 9.10. The number of ketones is 1. The molecule has 0 aliphatic heterocycles. The lowest BCUT2D eigenvalue weighted by Gasteiger charge is -2.15. The molecular formula is C23H29BrO6. The summed E-state index contributed by atoms with van der Waals surface area (Å²) in [6.45, 7) is 5.84. The molecule has 2 aromatic rings. The molecule has 7 heteroatoms. The Bertz CT molecular complexity index is 834. The fraction of sp³-hybridized carbons (Fsp3) is 0.391. The first kappa shape index (κ1) is 25.5. The number of para-hydroxylation sites is 1. The van der Waals surface area contributed by atoms with Crippen molar-refractivity contribution in [3.63, 3.8) is 0 Å². The van der Waals surface area contributed by atoms with E-state index in [2.05, 4.69) is 20.7 Å². The Balaban J connectivity index is 0.000000804. The van der Waals surface area contributed by atoms with Crippen LogP contribution in [0, 0.1) is 0 Å². The minimum absolute atomic E-state index is 0.0383. The monoisotopic (exact) mass is 480 g/mol. The highest BCUT2D eigenvalue weighted by Crippen LogP contribution is 2.33. The summed E-state index contributed by atoms with van der Waals surface area (Å²) in [6, 6.07) is 11.1. The van der Waals surface area contributed by atoms with E-state index >= 15 is 0 Å². The number of esters is 1. The Hall–Kier alpha value is -2.54. The smallest absolute Gasteiger partial charge is 0.302 e. The van der Waals surface area contributed by atoms with Crippen LogP contribution in [0.3, 0.4) is 0 Å². The number of rotatable bonds is 9. The number of methoxy groups -OCH3 is 1. The highest BCUT2D eigenvalue weighted by Gasteiger charge is 2.15. The van der Waals surface area contributed by atoms with Gasteiger partial charge < -0.3 is 19.3 Å². The van der Waals surface area contributed by atoms with Crippen LogP contribution in [0.25, 0.3) is 0 Å². The molecule has 0 radical (unpaired) electrons. The van der Waals surface area contributed by atoms with E-state index in [4.69, 9.17) is 9.47 Å². The second-order valence-corrected chi connectivity index (χ2v) is 7.28. The largest absolute Gasteiger partial charge is 0.507 e. The highest BCUT2D eigenvalue weighted by atomic mass is 79.9. The lowest BCUT2D eigenvalue weighted by atomic mass is 10.0. The second kappa shape index (κ2) is 13.6. The molecule has 0 saturated carbocycles. The third-order valence-corrected chi connectivity index (χ3v) is 4.70. The van der Waals surface area contributed by atoms with E-state index in [-0.39, 0.29) is 17.5 Å². The quantitative estimate of drug-likeness (QED) is 0.296. The van der Waals surface area contributed by atoms with E-state index in [0.29, 0.717) is 42.9 Å². The van der Waals surface area contributed by atoms with Gasteiger partial charge in [-0.15, -0.1) is 0 Å². The van der Waals surface area contributed by atoms with Gasteiger partial charge in [0.2, 0.25) is 0 Å². The molecule has 0 saturated heterocycles. The van der Waals surface area contributed by atoms with Gasteiger partial charge in [-0.2, -0.15) is 0 Å². The molecule has 0 aliphatic rings. The van der Waals surface area contributed by atoms with Crippen LogP contribution in [-0.4, -0.2) is 37.2 Å². The van der Waals surface area contributed by atoms with E-state index in [9.17, 15) is 14.7 Å². The number of phenolic OH excluding ortho intramolecular Hbond substituents is 1. The molecule has 0 heterocycles. The summed E-state index contributed by atoms with van der Waals surface area (Å²) in [5, 5.41) is 10.3. The minimum Gasteiger partial charge on any atom is -0.507 e. The molecule has 0 bridgehead atoms. The van der Waals surface area contributed by atoms with E-state index in [1.807, 2.05) is 31.2 Å². The van der Waals surface area contributed by atoms with Crippen LogP contribution in [0.4, 0.5) is 0 Å². The van der Waals surface area contributed by atoms with Crippen molar-refractivity contribution in [3.8, 4) is 17.2 Å². The van der Waals surface area contributed by atoms with E-state index in [1.54, 1.807) is 12.1 Å². The molecule has 0 aliphatic carbocycles. The summed E-state index contributed by atoms with van der Waals surface area (Å²) in [5.74, 6) is 1.08. The van der Waals surface area contributed by atoms with Gasteiger partial charge in [-0.05, 0) is 53.5 Å². The zero-order valence-electron chi connectivity index (χ0n) is 17.9.